The molecular formula is C18H19N5O3. The Hall–Kier alpha value is -3.00. The van der Waals surface area contributed by atoms with E-state index in [9.17, 15) is 9.59 Å². The second kappa shape index (κ2) is 6.72. The summed E-state index contributed by atoms with van der Waals surface area (Å²) in [6.45, 7) is 1.58. The Labute approximate surface area is 150 Å². The number of carbonyl (C=O) groups is 2. The van der Waals surface area contributed by atoms with Crippen LogP contribution in [-0.4, -0.2) is 54.6 Å². The summed E-state index contributed by atoms with van der Waals surface area (Å²) in [5, 5.41) is 2.82. The number of anilines is 3. The number of nitrogens with one attached hydrogen (secondary N) is 1. The number of methoxy groups -OCH3 is 1. The van der Waals surface area contributed by atoms with Gasteiger partial charge in [-0.05, 0) is 30.7 Å². The van der Waals surface area contributed by atoms with Crippen molar-refractivity contribution in [2.75, 3.05) is 41.9 Å². The van der Waals surface area contributed by atoms with Crippen LogP contribution < -0.4 is 15.1 Å². The van der Waals surface area contributed by atoms with E-state index in [0.717, 1.165) is 25.2 Å². The fraction of sp³-hybridized carbons (Fsp3) is 0.333. The third kappa shape index (κ3) is 2.88. The van der Waals surface area contributed by atoms with E-state index in [2.05, 4.69) is 20.2 Å². The molecule has 2 aromatic rings. The third-order valence-corrected chi connectivity index (χ3v) is 4.63. The fourth-order valence-electron chi connectivity index (χ4n) is 3.44. The number of hydrogen-bond donors (Lipinski definition) is 1. The smallest absolute Gasteiger partial charge is 0.329 e. The van der Waals surface area contributed by atoms with Crippen molar-refractivity contribution < 1.29 is 14.3 Å². The van der Waals surface area contributed by atoms with Crippen LogP contribution in [0.1, 0.15) is 16.9 Å². The van der Waals surface area contributed by atoms with Crippen LogP contribution in [0.5, 0.6) is 0 Å². The molecule has 1 atom stereocenters. The van der Waals surface area contributed by atoms with E-state index in [-0.39, 0.29) is 24.5 Å². The van der Waals surface area contributed by atoms with Crippen LogP contribution in [-0.2, 0) is 4.74 Å². The number of amides is 2. The predicted molar refractivity (Wildman–Crippen MR) is 96.8 cm³/mol. The van der Waals surface area contributed by atoms with Crippen LogP contribution in [0, 0.1) is 0 Å². The minimum Gasteiger partial charge on any atom is -0.376 e. The first-order valence-corrected chi connectivity index (χ1v) is 8.47. The van der Waals surface area contributed by atoms with Gasteiger partial charge in [0.1, 0.15) is 18.1 Å². The average molecular weight is 353 g/mol. The SMILES string of the molecule is COCC(=O)c1ccc2c(n1)N(C(=O)Nc1ccccn1)[C@H]1CCN2C1. The van der Waals surface area contributed by atoms with Crippen molar-refractivity contribution in [1.29, 1.82) is 0 Å². The molecule has 2 bridgehead atoms. The van der Waals surface area contributed by atoms with Gasteiger partial charge in [-0.15, -0.1) is 0 Å². The molecular weight excluding hydrogens is 334 g/mol. The lowest BCUT2D eigenvalue weighted by atomic mass is 10.1. The molecule has 0 aromatic carbocycles. The number of aromatic nitrogens is 2. The summed E-state index contributed by atoms with van der Waals surface area (Å²) < 4.78 is 4.91. The van der Waals surface area contributed by atoms with E-state index in [1.54, 1.807) is 29.3 Å². The number of Topliss-reactive ketones (excluding diaryl/α,β-unsaturated/α-hetero) is 1. The number of hydrogen-bond acceptors (Lipinski definition) is 6. The molecule has 4 heterocycles. The van der Waals surface area contributed by atoms with Crippen LogP contribution in [0.25, 0.3) is 0 Å². The van der Waals surface area contributed by atoms with Crippen LogP contribution in [0.15, 0.2) is 36.5 Å². The van der Waals surface area contributed by atoms with Gasteiger partial charge in [-0.2, -0.15) is 0 Å². The molecule has 2 aliphatic rings. The van der Waals surface area contributed by atoms with Gasteiger partial charge in [0.15, 0.2) is 5.82 Å². The van der Waals surface area contributed by atoms with Crippen LogP contribution in [0.3, 0.4) is 0 Å². The second-order valence-corrected chi connectivity index (χ2v) is 6.30. The molecule has 8 nitrogen and oxygen atoms in total. The zero-order valence-corrected chi connectivity index (χ0v) is 14.4. The molecule has 1 fully saturated rings. The lowest BCUT2D eigenvalue weighted by molar-refractivity contribution is 0.0843. The first kappa shape index (κ1) is 16.5. The maximum absolute atomic E-state index is 12.9. The van der Waals surface area contributed by atoms with Crippen LogP contribution in [0.2, 0.25) is 0 Å². The standard InChI is InChI=1S/C18H19N5O3/c1-26-11-15(24)13-5-6-14-17(20-13)23(12-7-9-22(14)10-12)18(25)21-16-4-2-3-8-19-16/h2-6,8,12H,7,9-11H2,1H3,(H,19,21,25)/t12-/m0/s1. The van der Waals surface area contributed by atoms with Crippen molar-refractivity contribution in [2.45, 2.75) is 12.5 Å². The fourth-order valence-corrected chi connectivity index (χ4v) is 3.44. The molecule has 0 aliphatic carbocycles. The molecule has 0 saturated carbocycles. The summed E-state index contributed by atoms with van der Waals surface area (Å²) in [4.78, 5) is 37.6. The molecule has 2 aliphatic heterocycles. The van der Waals surface area contributed by atoms with Crippen molar-refractivity contribution in [1.82, 2.24) is 9.97 Å². The lowest BCUT2D eigenvalue weighted by Crippen LogP contribution is -2.48. The average Bonchev–Trinajstić information content (AvgIpc) is 3.07. The van der Waals surface area contributed by atoms with Crippen LogP contribution in [0.4, 0.5) is 22.1 Å². The monoisotopic (exact) mass is 353 g/mol. The van der Waals surface area contributed by atoms with Crippen molar-refractivity contribution >= 4 is 29.1 Å². The molecule has 0 unspecified atom stereocenters. The topological polar surface area (TPSA) is 87.7 Å². The van der Waals surface area contributed by atoms with Crippen molar-refractivity contribution in [3.8, 4) is 0 Å². The van der Waals surface area contributed by atoms with Gasteiger partial charge in [0.25, 0.3) is 0 Å². The van der Waals surface area contributed by atoms with Gasteiger partial charge < -0.3 is 9.64 Å². The highest BCUT2D eigenvalue weighted by molar-refractivity contribution is 6.05. The molecule has 2 amide bonds. The van der Waals surface area contributed by atoms with Crippen molar-refractivity contribution in [3.05, 3.63) is 42.2 Å². The first-order valence-electron chi connectivity index (χ1n) is 8.47. The van der Waals surface area contributed by atoms with Gasteiger partial charge in [0.2, 0.25) is 5.78 Å². The van der Waals surface area contributed by atoms with Gasteiger partial charge in [-0.25, -0.2) is 14.8 Å². The summed E-state index contributed by atoms with van der Waals surface area (Å²) >= 11 is 0. The Kier molecular flexibility index (Phi) is 4.26. The predicted octanol–water partition coefficient (Wildman–Crippen LogP) is 1.94. The van der Waals surface area contributed by atoms with Gasteiger partial charge in [-0.1, -0.05) is 6.07 Å². The summed E-state index contributed by atoms with van der Waals surface area (Å²) in [6, 6.07) is 8.60. The van der Waals surface area contributed by atoms with Gasteiger partial charge in [0.05, 0.1) is 11.7 Å². The third-order valence-electron chi connectivity index (χ3n) is 4.63. The zero-order valence-electron chi connectivity index (χ0n) is 14.4. The van der Waals surface area contributed by atoms with E-state index >= 15 is 0 Å². The number of urea groups is 1. The molecule has 4 rings (SSSR count). The molecule has 1 saturated heterocycles. The molecule has 8 heteroatoms. The van der Waals surface area contributed by atoms with Gasteiger partial charge in [-0.3, -0.25) is 15.0 Å². The lowest BCUT2D eigenvalue weighted by Gasteiger charge is -2.35. The Bertz CT molecular complexity index is 842. The van der Waals surface area contributed by atoms with Crippen molar-refractivity contribution in [2.24, 2.45) is 0 Å². The summed E-state index contributed by atoms with van der Waals surface area (Å²) in [7, 11) is 1.47. The number of pyridine rings is 2. The highest BCUT2D eigenvalue weighted by Gasteiger charge is 2.40. The molecule has 26 heavy (non-hydrogen) atoms. The highest BCUT2D eigenvalue weighted by Crippen LogP contribution is 2.39. The normalized spacial score (nSPS) is 17.8. The Morgan fingerprint density at radius 2 is 2.19 bits per heavy atom. The van der Waals surface area contributed by atoms with Gasteiger partial charge >= 0.3 is 6.03 Å². The Morgan fingerprint density at radius 1 is 1.31 bits per heavy atom. The maximum atomic E-state index is 12.9. The number of carbonyl (C=O) groups excluding carboxylic acids is 2. The molecule has 134 valence electrons. The summed E-state index contributed by atoms with van der Waals surface area (Å²) in [6.07, 6.45) is 2.48. The highest BCUT2D eigenvalue weighted by atomic mass is 16.5. The molecule has 0 radical (unpaired) electrons. The number of ketones is 1. The summed E-state index contributed by atoms with van der Waals surface area (Å²) in [5.41, 5.74) is 1.16. The summed E-state index contributed by atoms with van der Waals surface area (Å²) in [5.74, 6) is 0.772. The maximum Gasteiger partial charge on any atom is 0.329 e. The van der Waals surface area contributed by atoms with E-state index in [0.29, 0.717) is 17.3 Å². The van der Waals surface area contributed by atoms with Crippen LogP contribution >= 0.6 is 0 Å². The van der Waals surface area contributed by atoms with Gasteiger partial charge in [0, 0.05) is 26.4 Å². The minimum absolute atomic E-state index is 0.0199. The molecule has 1 N–H and O–H groups in total. The number of ether oxygens (including phenoxy) is 1. The number of fused-ring (bicyclic) bond motifs is 4. The quantitative estimate of drug-likeness (QED) is 0.845. The molecule has 0 spiro atoms. The molecule has 2 aromatic heterocycles. The Balaban J connectivity index is 1.68. The van der Waals surface area contributed by atoms with E-state index in [4.69, 9.17) is 4.74 Å². The van der Waals surface area contributed by atoms with E-state index in [1.807, 2.05) is 12.1 Å². The zero-order chi connectivity index (χ0) is 18.1. The van der Waals surface area contributed by atoms with E-state index < -0.39 is 0 Å². The van der Waals surface area contributed by atoms with E-state index in [1.165, 1.54) is 7.11 Å². The minimum atomic E-state index is -0.291. The second-order valence-electron chi connectivity index (χ2n) is 6.30. The largest absolute Gasteiger partial charge is 0.376 e. The van der Waals surface area contributed by atoms with Crippen molar-refractivity contribution in [3.63, 3.8) is 0 Å². The first-order chi connectivity index (χ1) is 12.7. The number of nitrogens with zero attached hydrogens (tertiary/aromatic N) is 4. The number of rotatable bonds is 4. The Morgan fingerprint density at radius 3 is 2.96 bits per heavy atom.